The molecule has 7 heteroatoms. The maximum Gasteiger partial charge on any atom is 0.349 e. The molecule has 0 radical (unpaired) electrons. The van der Waals surface area contributed by atoms with Gasteiger partial charge in [0, 0.05) is 22.4 Å². The average Bonchev–Trinajstić information content (AvgIpc) is 3.30. The van der Waals surface area contributed by atoms with Crippen LogP contribution in [-0.4, -0.2) is 18.5 Å². The van der Waals surface area contributed by atoms with Crippen molar-refractivity contribution in [2.45, 2.75) is 25.8 Å². The van der Waals surface area contributed by atoms with Gasteiger partial charge in [-0.25, -0.2) is 4.79 Å². The van der Waals surface area contributed by atoms with Crippen LogP contribution in [-0.2, 0) is 0 Å². The van der Waals surface area contributed by atoms with Crippen LogP contribution in [0.25, 0.3) is 11.0 Å². The predicted molar refractivity (Wildman–Crippen MR) is 95.2 cm³/mol. The Bertz CT molecular complexity index is 802. The second-order valence-corrected chi connectivity index (χ2v) is 6.60. The van der Waals surface area contributed by atoms with E-state index in [9.17, 15) is 9.59 Å². The number of hydrogen-bond acceptors (Lipinski definition) is 4. The molecule has 1 aliphatic carbocycles. The van der Waals surface area contributed by atoms with Crippen LogP contribution in [0.5, 0.6) is 0 Å². The summed E-state index contributed by atoms with van der Waals surface area (Å²) in [6.07, 6.45) is 2.14. The minimum atomic E-state index is -0.614. The smallest absolute Gasteiger partial charge is 0.349 e. The first-order valence-electron chi connectivity index (χ1n) is 7.25. The molecule has 1 fully saturated rings. The third-order valence-electron chi connectivity index (χ3n) is 4.12. The lowest BCUT2D eigenvalue weighted by Crippen LogP contribution is -2.43. The first-order valence-corrected chi connectivity index (χ1v) is 8.04. The molecule has 23 heavy (non-hydrogen) atoms. The lowest BCUT2D eigenvalue weighted by atomic mass is 10.0. The molecule has 3 rings (SSSR count). The lowest BCUT2D eigenvalue weighted by Gasteiger charge is -2.16. The highest BCUT2D eigenvalue weighted by atomic mass is 79.9. The van der Waals surface area contributed by atoms with Crippen molar-refractivity contribution in [3.05, 3.63) is 44.2 Å². The SMILES string of the molecule is Cc1c(C(=O)NC(CN)C2CC2)c(=O)oc2ccc(Br)cc12.Cl. The largest absolute Gasteiger partial charge is 0.422 e. The molecular formula is C16H18BrClN2O3. The minimum absolute atomic E-state index is 0. The van der Waals surface area contributed by atoms with Crippen molar-refractivity contribution in [1.82, 2.24) is 5.32 Å². The highest BCUT2D eigenvalue weighted by Gasteiger charge is 2.32. The van der Waals surface area contributed by atoms with Crippen molar-refractivity contribution >= 4 is 45.2 Å². The van der Waals surface area contributed by atoms with E-state index in [2.05, 4.69) is 21.2 Å². The van der Waals surface area contributed by atoms with Gasteiger partial charge in [-0.2, -0.15) is 0 Å². The number of nitrogens with one attached hydrogen (secondary N) is 1. The summed E-state index contributed by atoms with van der Waals surface area (Å²) < 4.78 is 6.13. The Kier molecular flexibility index (Phi) is 5.49. The quantitative estimate of drug-likeness (QED) is 0.771. The fourth-order valence-electron chi connectivity index (χ4n) is 2.69. The molecule has 0 aliphatic heterocycles. The molecule has 0 bridgehead atoms. The standard InChI is InChI=1S/C16H17BrN2O3.ClH/c1-8-11-6-10(17)4-5-13(11)22-16(21)14(8)15(20)19-12(7-18)9-2-3-9;/h4-6,9,12H,2-3,7,18H2,1H3,(H,19,20);1H. The maximum absolute atomic E-state index is 12.5. The van der Waals surface area contributed by atoms with Gasteiger partial charge >= 0.3 is 5.63 Å². The predicted octanol–water partition coefficient (Wildman–Crippen LogP) is 2.75. The number of halogens is 2. The van der Waals surface area contributed by atoms with Crippen LogP contribution in [0.1, 0.15) is 28.8 Å². The average molecular weight is 402 g/mol. The van der Waals surface area contributed by atoms with Crippen molar-refractivity contribution in [2.24, 2.45) is 11.7 Å². The number of carbonyl (C=O) groups is 1. The summed E-state index contributed by atoms with van der Waals surface area (Å²) in [6, 6.07) is 5.26. The Balaban J connectivity index is 0.00000192. The van der Waals surface area contributed by atoms with Crippen LogP contribution in [0.3, 0.4) is 0 Å². The second kappa shape index (κ2) is 7.03. The van der Waals surface area contributed by atoms with E-state index in [1.807, 2.05) is 6.07 Å². The maximum atomic E-state index is 12.5. The van der Waals surface area contributed by atoms with Gasteiger partial charge < -0.3 is 15.5 Å². The van der Waals surface area contributed by atoms with Gasteiger partial charge in [-0.15, -0.1) is 12.4 Å². The van der Waals surface area contributed by atoms with Gasteiger partial charge in [0.15, 0.2) is 0 Å². The number of nitrogens with two attached hydrogens (primary N) is 1. The van der Waals surface area contributed by atoms with Crippen LogP contribution >= 0.6 is 28.3 Å². The van der Waals surface area contributed by atoms with E-state index in [1.165, 1.54) is 0 Å². The molecule has 3 N–H and O–H groups in total. The first-order chi connectivity index (χ1) is 10.5. The topological polar surface area (TPSA) is 85.3 Å². The van der Waals surface area contributed by atoms with Gasteiger partial charge in [-0.3, -0.25) is 4.79 Å². The van der Waals surface area contributed by atoms with Gasteiger partial charge in [0.05, 0.1) is 0 Å². The van der Waals surface area contributed by atoms with E-state index in [0.29, 0.717) is 23.6 Å². The summed E-state index contributed by atoms with van der Waals surface area (Å²) in [4.78, 5) is 24.6. The molecule has 1 aliphatic rings. The highest BCUT2D eigenvalue weighted by molar-refractivity contribution is 9.10. The molecule has 2 aromatic rings. The van der Waals surface area contributed by atoms with Crippen LogP contribution in [0, 0.1) is 12.8 Å². The molecule has 1 saturated carbocycles. The Morgan fingerprint density at radius 2 is 2.17 bits per heavy atom. The summed E-state index contributed by atoms with van der Waals surface area (Å²) >= 11 is 3.39. The molecule has 1 aromatic carbocycles. The zero-order chi connectivity index (χ0) is 15.9. The van der Waals surface area contributed by atoms with Gasteiger partial charge in [-0.1, -0.05) is 15.9 Å². The van der Waals surface area contributed by atoms with E-state index in [0.717, 1.165) is 22.7 Å². The van der Waals surface area contributed by atoms with E-state index in [1.54, 1.807) is 19.1 Å². The Morgan fingerprint density at radius 1 is 1.48 bits per heavy atom. The van der Waals surface area contributed by atoms with E-state index < -0.39 is 11.5 Å². The normalized spacial score (nSPS) is 15.1. The lowest BCUT2D eigenvalue weighted by molar-refractivity contribution is 0.0929. The number of rotatable bonds is 4. The summed E-state index contributed by atoms with van der Waals surface area (Å²) in [5, 5.41) is 3.62. The number of hydrogen-bond donors (Lipinski definition) is 2. The van der Waals surface area contributed by atoms with Crippen molar-refractivity contribution in [3.63, 3.8) is 0 Å². The Labute approximate surface area is 148 Å². The summed E-state index contributed by atoms with van der Waals surface area (Å²) in [6.45, 7) is 2.13. The second-order valence-electron chi connectivity index (χ2n) is 5.68. The summed E-state index contributed by atoms with van der Waals surface area (Å²) in [7, 11) is 0. The van der Waals surface area contributed by atoms with Crippen molar-refractivity contribution in [2.75, 3.05) is 6.54 Å². The zero-order valence-corrected chi connectivity index (χ0v) is 15.0. The van der Waals surface area contributed by atoms with Gasteiger partial charge in [0.25, 0.3) is 5.91 Å². The van der Waals surface area contributed by atoms with E-state index in [4.69, 9.17) is 10.2 Å². The first kappa shape index (κ1) is 18.0. The minimum Gasteiger partial charge on any atom is -0.422 e. The van der Waals surface area contributed by atoms with Crippen LogP contribution in [0.2, 0.25) is 0 Å². The molecule has 1 unspecified atom stereocenters. The molecule has 124 valence electrons. The number of aryl methyl sites for hydroxylation is 1. The molecule has 1 atom stereocenters. The molecule has 0 spiro atoms. The third kappa shape index (κ3) is 3.59. The Hall–Kier alpha value is -1.37. The highest BCUT2D eigenvalue weighted by Crippen LogP contribution is 2.32. The fraction of sp³-hybridized carbons (Fsp3) is 0.375. The fourth-order valence-corrected chi connectivity index (χ4v) is 3.06. The Morgan fingerprint density at radius 3 is 2.78 bits per heavy atom. The number of benzene rings is 1. The van der Waals surface area contributed by atoms with Crippen molar-refractivity contribution < 1.29 is 9.21 Å². The molecule has 0 saturated heterocycles. The van der Waals surface area contributed by atoms with E-state index >= 15 is 0 Å². The molecule has 1 amide bonds. The van der Waals surface area contributed by atoms with E-state index in [-0.39, 0.29) is 24.0 Å². The van der Waals surface area contributed by atoms with Gasteiger partial charge in [0.2, 0.25) is 0 Å². The van der Waals surface area contributed by atoms with Gasteiger partial charge in [0.1, 0.15) is 11.1 Å². The summed E-state index contributed by atoms with van der Waals surface area (Å²) in [5.74, 6) is 0.0198. The van der Waals surface area contributed by atoms with Crippen molar-refractivity contribution in [3.8, 4) is 0 Å². The van der Waals surface area contributed by atoms with Crippen LogP contribution in [0.4, 0.5) is 0 Å². The summed E-state index contributed by atoms with van der Waals surface area (Å²) in [5.41, 5.74) is 6.24. The molecular weight excluding hydrogens is 384 g/mol. The zero-order valence-electron chi connectivity index (χ0n) is 12.6. The number of amides is 1. The number of carbonyl (C=O) groups excluding carboxylic acids is 1. The molecule has 1 heterocycles. The molecule has 5 nitrogen and oxygen atoms in total. The third-order valence-corrected chi connectivity index (χ3v) is 4.61. The monoisotopic (exact) mass is 400 g/mol. The molecule has 1 aromatic heterocycles. The van der Waals surface area contributed by atoms with Crippen molar-refractivity contribution in [1.29, 1.82) is 0 Å². The van der Waals surface area contributed by atoms with Gasteiger partial charge in [-0.05, 0) is 49.4 Å². The van der Waals surface area contributed by atoms with Crippen LogP contribution in [0.15, 0.2) is 31.9 Å². The van der Waals surface area contributed by atoms with Crippen LogP contribution < -0.4 is 16.7 Å². The number of fused-ring (bicyclic) bond motifs is 1.